The number of halogens is 1. The van der Waals surface area contributed by atoms with E-state index in [-0.39, 0.29) is 23.7 Å². The van der Waals surface area contributed by atoms with Crippen LogP contribution in [0.2, 0.25) is 0 Å². The second kappa shape index (κ2) is 9.66. The highest BCUT2D eigenvalue weighted by Crippen LogP contribution is 2.16. The largest absolute Gasteiger partial charge is 0.494 e. The van der Waals surface area contributed by atoms with E-state index in [2.05, 4.69) is 19.2 Å². The van der Waals surface area contributed by atoms with E-state index in [4.69, 9.17) is 10.5 Å². The zero-order valence-electron chi connectivity index (χ0n) is 13.9. The molecule has 5 nitrogen and oxygen atoms in total. The van der Waals surface area contributed by atoms with E-state index < -0.39 is 0 Å². The molecule has 22 heavy (non-hydrogen) atoms. The van der Waals surface area contributed by atoms with E-state index in [9.17, 15) is 4.79 Å². The number of rotatable bonds is 8. The van der Waals surface area contributed by atoms with Crippen LogP contribution in [0.15, 0.2) is 24.3 Å². The van der Waals surface area contributed by atoms with E-state index in [0.717, 1.165) is 18.0 Å². The third kappa shape index (κ3) is 7.64. The fourth-order valence-electron chi connectivity index (χ4n) is 2.10. The fraction of sp³-hybridized carbons (Fsp3) is 0.562. The van der Waals surface area contributed by atoms with Gasteiger partial charge in [-0.05, 0) is 50.2 Å². The Bertz CT molecular complexity index is 449. The Morgan fingerprint density at radius 1 is 1.32 bits per heavy atom. The minimum absolute atomic E-state index is 0. The zero-order valence-corrected chi connectivity index (χ0v) is 14.7. The summed E-state index contributed by atoms with van der Waals surface area (Å²) in [6, 6.07) is 7.38. The van der Waals surface area contributed by atoms with Gasteiger partial charge in [0, 0.05) is 12.2 Å². The van der Waals surface area contributed by atoms with Gasteiger partial charge in [-0.15, -0.1) is 12.4 Å². The molecule has 126 valence electrons. The minimum atomic E-state index is -0.0329. The van der Waals surface area contributed by atoms with E-state index in [1.54, 1.807) is 0 Å². The van der Waals surface area contributed by atoms with Crippen LogP contribution >= 0.6 is 12.4 Å². The summed E-state index contributed by atoms with van der Waals surface area (Å²) in [5, 5.41) is 2.88. The number of likely N-dealkylation sites (N-methyl/N-ethyl adjacent to an activating group) is 1. The summed E-state index contributed by atoms with van der Waals surface area (Å²) in [5.41, 5.74) is 6.49. The molecule has 0 aliphatic heterocycles. The summed E-state index contributed by atoms with van der Waals surface area (Å²) in [5.74, 6) is 0.770. The highest BCUT2D eigenvalue weighted by Gasteiger charge is 2.19. The number of nitrogens with two attached hydrogens (primary N) is 1. The monoisotopic (exact) mass is 329 g/mol. The second-order valence-electron chi connectivity index (χ2n) is 6.05. The Kier molecular flexibility index (Phi) is 9.09. The first-order valence-electron chi connectivity index (χ1n) is 7.27. The van der Waals surface area contributed by atoms with Crippen molar-refractivity contribution in [2.75, 3.05) is 38.6 Å². The summed E-state index contributed by atoms with van der Waals surface area (Å²) < 4.78 is 5.36. The Balaban J connectivity index is 0.00000441. The zero-order chi connectivity index (χ0) is 15.9. The summed E-state index contributed by atoms with van der Waals surface area (Å²) in [6.07, 6.45) is 0. The molecule has 0 atom stereocenters. The van der Waals surface area contributed by atoms with Gasteiger partial charge in [0.25, 0.3) is 0 Å². The molecule has 1 amide bonds. The Morgan fingerprint density at radius 3 is 2.41 bits per heavy atom. The molecule has 0 aliphatic rings. The molecule has 0 aromatic heterocycles. The molecular formula is C16H28ClN3O2. The van der Waals surface area contributed by atoms with Gasteiger partial charge >= 0.3 is 0 Å². The number of hydrogen-bond donors (Lipinski definition) is 2. The normalized spacial score (nSPS) is 11.0. The molecule has 1 aromatic rings. The van der Waals surface area contributed by atoms with E-state index in [1.165, 1.54) is 0 Å². The molecule has 0 heterocycles. The fourth-order valence-corrected chi connectivity index (χ4v) is 2.10. The van der Waals surface area contributed by atoms with E-state index in [1.807, 2.05) is 43.1 Å². The lowest BCUT2D eigenvalue weighted by atomic mass is 9.93. The lowest BCUT2D eigenvalue weighted by Crippen LogP contribution is -2.40. The molecule has 0 aliphatic carbocycles. The van der Waals surface area contributed by atoms with Crippen LogP contribution in [0.25, 0.3) is 0 Å². The maximum absolute atomic E-state index is 12.0. The predicted molar refractivity (Wildman–Crippen MR) is 93.8 cm³/mol. The summed E-state index contributed by atoms with van der Waals surface area (Å²) in [4.78, 5) is 14.0. The first kappa shape index (κ1) is 20.7. The van der Waals surface area contributed by atoms with Crippen LogP contribution in [-0.2, 0) is 4.79 Å². The quantitative estimate of drug-likeness (QED) is 0.768. The third-order valence-electron chi connectivity index (χ3n) is 3.11. The van der Waals surface area contributed by atoms with Crippen molar-refractivity contribution < 1.29 is 9.53 Å². The molecule has 0 saturated carbocycles. The van der Waals surface area contributed by atoms with Crippen molar-refractivity contribution in [2.24, 2.45) is 11.1 Å². The number of nitrogens with one attached hydrogen (secondary N) is 1. The van der Waals surface area contributed by atoms with Crippen molar-refractivity contribution in [3.8, 4) is 5.75 Å². The molecule has 0 unspecified atom stereocenters. The van der Waals surface area contributed by atoms with E-state index >= 15 is 0 Å². The van der Waals surface area contributed by atoms with Crippen LogP contribution in [0.1, 0.15) is 20.8 Å². The van der Waals surface area contributed by atoms with Gasteiger partial charge in [-0.1, -0.05) is 13.8 Å². The van der Waals surface area contributed by atoms with Crippen molar-refractivity contribution in [3.05, 3.63) is 24.3 Å². The van der Waals surface area contributed by atoms with Gasteiger partial charge < -0.3 is 15.8 Å². The van der Waals surface area contributed by atoms with Gasteiger partial charge in [0.15, 0.2) is 0 Å². The molecule has 1 rings (SSSR count). The highest BCUT2D eigenvalue weighted by molar-refractivity contribution is 5.92. The molecule has 0 bridgehead atoms. The molecule has 6 heteroatoms. The van der Waals surface area contributed by atoms with Gasteiger partial charge in [0.1, 0.15) is 5.75 Å². The predicted octanol–water partition coefficient (Wildman–Crippen LogP) is 2.36. The van der Waals surface area contributed by atoms with Crippen LogP contribution in [0.4, 0.5) is 5.69 Å². The lowest BCUT2D eigenvalue weighted by molar-refractivity contribution is -0.117. The standard InChI is InChI=1S/C16H27N3O2.ClH/c1-5-21-14-8-6-13(7-9-14)18-15(20)10-19(4)12-16(2,3)11-17;/h6-9H,5,10-12,17H2,1-4H3,(H,18,20);1H. The van der Waals surface area contributed by atoms with Gasteiger partial charge in [-0.2, -0.15) is 0 Å². The Morgan fingerprint density at radius 2 is 1.91 bits per heavy atom. The van der Waals surface area contributed by atoms with Crippen molar-refractivity contribution in [3.63, 3.8) is 0 Å². The molecule has 0 saturated heterocycles. The average Bonchev–Trinajstić information content (AvgIpc) is 2.40. The van der Waals surface area contributed by atoms with Crippen molar-refractivity contribution >= 4 is 24.0 Å². The van der Waals surface area contributed by atoms with Gasteiger partial charge in [0.2, 0.25) is 5.91 Å². The number of amides is 1. The summed E-state index contributed by atoms with van der Waals surface area (Å²) in [6.45, 7) is 8.47. The van der Waals surface area contributed by atoms with Gasteiger partial charge in [-0.25, -0.2) is 0 Å². The number of ether oxygens (including phenoxy) is 1. The molecular weight excluding hydrogens is 302 g/mol. The molecule has 0 radical (unpaired) electrons. The van der Waals surface area contributed by atoms with Crippen LogP contribution in [0.5, 0.6) is 5.75 Å². The van der Waals surface area contributed by atoms with Crippen LogP contribution < -0.4 is 15.8 Å². The molecule has 1 aromatic carbocycles. The first-order chi connectivity index (χ1) is 9.86. The number of nitrogens with zero attached hydrogens (tertiary/aromatic N) is 1. The Hall–Kier alpha value is -1.30. The smallest absolute Gasteiger partial charge is 0.238 e. The van der Waals surface area contributed by atoms with Crippen molar-refractivity contribution in [1.29, 1.82) is 0 Å². The number of anilines is 1. The Labute approximate surface area is 139 Å². The highest BCUT2D eigenvalue weighted by atomic mass is 35.5. The van der Waals surface area contributed by atoms with Crippen LogP contribution in [0, 0.1) is 5.41 Å². The van der Waals surface area contributed by atoms with Crippen LogP contribution in [-0.4, -0.2) is 44.1 Å². The minimum Gasteiger partial charge on any atom is -0.494 e. The second-order valence-corrected chi connectivity index (χ2v) is 6.05. The maximum Gasteiger partial charge on any atom is 0.238 e. The number of benzene rings is 1. The van der Waals surface area contributed by atoms with Crippen molar-refractivity contribution in [1.82, 2.24) is 4.90 Å². The molecule has 0 fully saturated rings. The third-order valence-corrected chi connectivity index (χ3v) is 3.11. The maximum atomic E-state index is 12.0. The summed E-state index contributed by atoms with van der Waals surface area (Å²) >= 11 is 0. The average molecular weight is 330 g/mol. The van der Waals surface area contributed by atoms with E-state index in [0.29, 0.717) is 19.7 Å². The number of hydrogen-bond acceptors (Lipinski definition) is 4. The summed E-state index contributed by atoms with van der Waals surface area (Å²) in [7, 11) is 1.93. The van der Waals surface area contributed by atoms with Crippen LogP contribution in [0.3, 0.4) is 0 Å². The van der Waals surface area contributed by atoms with Gasteiger partial charge in [-0.3, -0.25) is 9.69 Å². The SMILES string of the molecule is CCOc1ccc(NC(=O)CN(C)CC(C)(C)CN)cc1.Cl. The number of carbonyl (C=O) groups is 1. The lowest BCUT2D eigenvalue weighted by Gasteiger charge is -2.28. The van der Waals surface area contributed by atoms with Gasteiger partial charge in [0.05, 0.1) is 13.2 Å². The number of carbonyl (C=O) groups excluding carboxylic acids is 1. The first-order valence-corrected chi connectivity index (χ1v) is 7.27. The topological polar surface area (TPSA) is 67.6 Å². The van der Waals surface area contributed by atoms with Crippen molar-refractivity contribution in [2.45, 2.75) is 20.8 Å². The molecule has 0 spiro atoms. The molecule has 3 N–H and O–H groups in total.